The Morgan fingerprint density at radius 1 is 0.625 bits per heavy atom. The summed E-state index contributed by atoms with van der Waals surface area (Å²) in [5.74, 6) is 1.36. The Morgan fingerprint density at radius 2 is 0.917 bits per heavy atom. The summed E-state index contributed by atoms with van der Waals surface area (Å²) in [6.07, 6.45) is 0. The topological polar surface area (TPSA) is 18.5 Å². The summed E-state index contributed by atoms with van der Waals surface area (Å²) in [6.45, 7) is 13.1. The van der Waals surface area contributed by atoms with Gasteiger partial charge in [0.25, 0.3) is 0 Å². The molecule has 0 heterocycles. The highest BCUT2D eigenvalue weighted by atomic mass is 32.1. The molecule has 0 spiro atoms. The van der Waals surface area contributed by atoms with E-state index < -0.39 is 0 Å². The van der Waals surface area contributed by atoms with E-state index >= 15 is 0 Å². The third-order valence-electron chi connectivity index (χ3n) is 3.84. The summed E-state index contributed by atoms with van der Waals surface area (Å²) in [5, 5.41) is 0.0991. The molecule has 0 aliphatic rings. The van der Waals surface area contributed by atoms with E-state index in [0.29, 0.717) is 11.5 Å². The molecule has 0 N–H and O–H groups in total. The monoisotopic (exact) mass is 342 g/mol. The van der Waals surface area contributed by atoms with E-state index in [0.717, 1.165) is 0 Å². The van der Waals surface area contributed by atoms with Gasteiger partial charge in [-0.15, -0.1) is 0 Å². The van der Waals surface area contributed by atoms with E-state index in [1.54, 1.807) is 0 Å². The van der Waals surface area contributed by atoms with E-state index in [9.17, 15) is 0 Å². The van der Waals surface area contributed by atoms with E-state index in [-0.39, 0.29) is 16.1 Å². The molecule has 0 fully saturated rings. The second kappa shape index (κ2) is 6.94. The van der Waals surface area contributed by atoms with Gasteiger partial charge >= 0.3 is 5.24 Å². The fourth-order valence-corrected chi connectivity index (χ4v) is 2.45. The molecule has 2 rings (SSSR count). The molecule has 0 aliphatic carbocycles. The Kier molecular flexibility index (Phi) is 5.34. The highest BCUT2D eigenvalue weighted by Gasteiger charge is 2.15. The van der Waals surface area contributed by atoms with Crippen LogP contribution in [0.4, 0.5) is 0 Å². The number of hydrogen-bond acceptors (Lipinski definition) is 3. The van der Waals surface area contributed by atoms with E-state index in [2.05, 4.69) is 65.8 Å². The minimum Gasteiger partial charge on any atom is -0.417 e. The van der Waals surface area contributed by atoms with Gasteiger partial charge in [0.1, 0.15) is 11.5 Å². The molecular formula is C21H26O2S. The van der Waals surface area contributed by atoms with Crippen LogP contribution in [0.2, 0.25) is 0 Å². The predicted molar refractivity (Wildman–Crippen MR) is 104 cm³/mol. The molecule has 0 aliphatic heterocycles. The van der Waals surface area contributed by atoms with Gasteiger partial charge in [-0.05, 0) is 46.2 Å². The van der Waals surface area contributed by atoms with Crippen LogP contribution in [0.3, 0.4) is 0 Å². The molecule has 0 amide bonds. The molecule has 0 saturated heterocycles. The van der Waals surface area contributed by atoms with Gasteiger partial charge in [-0.1, -0.05) is 65.8 Å². The molecular weight excluding hydrogens is 316 g/mol. The summed E-state index contributed by atoms with van der Waals surface area (Å²) >= 11 is 5.19. The standard InChI is InChI=1S/C21H26O2S/c1-20(2,3)15-7-11-17(12-8-15)22-19(24)23-18-13-9-16(10-14-18)21(4,5)6/h7-14H,1-6H3. The second-order valence-corrected chi connectivity index (χ2v) is 8.34. The first-order valence-corrected chi connectivity index (χ1v) is 8.57. The van der Waals surface area contributed by atoms with Crippen molar-refractivity contribution in [3.05, 3.63) is 59.7 Å². The first-order valence-electron chi connectivity index (χ1n) is 8.16. The van der Waals surface area contributed by atoms with Crippen molar-refractivity contribution in [2.24, 2.45) is 0 Å². The van der Waals surface area contributed by atoms with Gasteiger partial charge in [0, 0.05) is 12.2 Å². The summed E-state index contributed by atoms with van der Waals surface area (Å²) in [4.78, 5) is 0. The van der Waals surface area contributed by atoms with Gasteiger partial charge in [-0.25, -0.2) is 0 Å². The van der Waals surface area contributed by atoms with Crippen LogP contribution in [0.5, 0.6) is 11.5 Å². The van der Waals surface area contributed by atoms with Crippen molar-refractivity contribution >= 4 is 17.5 Å². The Balaban J connectivity index is 1.98. The van der Waals surface area contributed by atoms with Gasteiger partial charge in [-0.3, -0.25) is 0 Å². The molecule has 2 aromatic rings. The lowest BCUT2D eigenvalue weighted by Gasteiger charge is -2.19. The van der Waals surface area contributed by atoms with Crippen LogP contribution in [0.1, 0.15) is 52.7 Å². The third kappa shape index (κ3) is 5.07. The third-order valence-corrected chi connectivity index (χ3v) is 4.01. The first kappa shape index (κ1) is 18.5. The molecule has 0 unspecified atom stereocenters. The molecule has 0 radical (unpaired) electrons. The smallest absolute Gasteiger partial charge is 0.363 e. The van der Waals surface area contributed by atoms with Crippen molar-refractivity contribution in [1.29, 1.82) is 0 Å². The van der Waals surface area contributed by atoms with Gasteiger partial charge in [0.05, 0.1) is 0 Å². The van der Waals surface area contributed by atoms with Crippen LogP contribution in [0.15, 0.2) is 48.5 Å². The van der Waals surface area contributed by atoms with Gasteiger partial charge in [0.15, 0.2) is 0 Å². The Hall–Kier alpha value is -1.87. The zero-order valence-corrected chi connectivity index (χ0v) is 16.2. The minimum absolute atomic E-state index is 0.0991. The second-order valence-electron chi connectivity index (χ2n) is 8.00. The van der Waals surface area contributed by atoms with Crippen molar-refractivity contribution in [1.82, 2.24) is 0 Å². The van der Waals surface area contributed by atoms with E-state index in [1.165, 1.54) is 11.1 Å². The SMILES string of the molecule is CC(C)(C)c1ccc(OC(=S)Oc2ccc(C(C)(C)C)cc2)cc1. The van der Waals surface area contributed by atoms with E-state index in [4.69, 9.17) is 21.7 Å². The van der Waals surface area contributed by atoms with Gasteiger partial charge in [0.2, 0.25) is 0 Å². The summed E-state index contributed by atoms with van der Waals surface area (Å²) in [5.41, 5.74) is 2.73. The fourth-order valence-electron chi connectivity index (χ4n) is 2.26. The quantitative estimate of drug-likeness (QED) is 0.621. The van der Waals surface area contributed by atoms with Crippen LogP contribution < -0.4 is 9.47 Å². The molecule has 0 aromatic heterocycles. The molecule has 24 heavy (non-hydrogen) atoms. The summed E-state index contributed by atoms with van der Waals surface area (Å²) < 4.78 is 11.2. The average Bonchev–Trinajstić information content (AvgIpc) is 2.46. The van der Waals surface area contributed by atoms with Crippen molar-refractivity contribution in [2.75, 3.05) is 0 Å². The van der Waals surface area contributed by atoms with Crippen molar-refractivity contribution in [3.8, 4) is 11.5 Å². The zero-order chi connectivity index (χ0) is 18.0. The Bertz CT molecular complexity index is 625. The number of rotatable bonds is 2. The number of thiocarbonyl (C=S) groups is 1. The van der Waals surface area contributed by atoms with Crippen molar-refractivity contribution in [2.45, 2.75) is 52.4 Å². The summed E-state index contributed by atoms with van der Waals surface area (Å²) in [7, 11) is 0. The van der Waals surface area contributed by atoms with Crippen LogP contribution in [-0.2, 0) is 10.8 Å². The molecule has 128 valence electrons. The zero-order valence-electron chi connectivity index (χ0n) is 15.3. The molecule has 2 aromatic carbocycles. The maximum Gasteiger partial charge on any atom is 0.363 e. The molecule has 2 nitrogen and oxygen atoms in total. The molecule has 0 saturated carbocycles. The van der Waals surface area contributed by atoms with E-state index in [1.807, 2.05) is 24.3 Å². The fraction of sp³-hybridized carbons (Fsp3) is 0.381. The molecule has 0 bridgehead atoms. The average molecular weight is 343 g/mol. The largest absolute Gasteiger partial charge is 0.417 e. The van der Waals surface area contributed by atoms with Gasteiger partial charge in [-0.2, -0.15) is 0 Å². The van der Waals surface area contributed by atoms with Crippen LogP contribution >= 0.6 is 12.2 Å². The van der Waals surface area contributed by atoms with Crippen molar-refractivity contribution < 1.29 is 9.47 Å². The lowest BCUT2D eigenvalue weighted by atomic mass is 9.87. The minimum atomic E-state index is 0.0991. The van der Waals surface area contributed by atoms with Crippen LogP contribution in [-0.4, -0.2) is 5.24 Å². The highest BCUT2D eigenvalue weighted by molar-refractivity contribution is 7.79. The van der Waals surface area contributed by atoms with Crippen molar-refractivity contribution in [3.63, 3.8) is 0 Å². The lowest BCUT2D eigenvalue weighted by Crippen LogP contribution is -2.15. The maximum atomic E-state index is 5.59. The predicted octanol–water partition coefficient (Wildman–Crippen LogP) is 6.02. The number of benzene rings is 2. The maximum absolute atomic E-state index is 5.59. The number of ether oxygens (including phenoxy) is 2. The van der Waals surface area contributed by atoms with Gasteiger partial charge < -0.3 is 9.47 Å². The normalized spacial score (nSPS) is 11.9. The first-order chi connectivity index (χ1) is 11.1. The lowest BCUT2D eigenvalue weighted by molar-refractivity contribution is 0.403. The van der Waals surface area contributed by atoms with Crippen LogP contribution in [0.25, 0.3) is 0 Å². The Labute approximate surface area is 150 Å². The highest BCUT2D eigenvalue weighted by Crippen LogP contribution is 2.26. The molecule has 3 heteroatoms. The molecule has 0 atom stereocenters. The summed E-state index contributed by atoms with van der Waals surface area (Å²) in [6, 6.07) is 15.9. The number of hydrogen-bond donors (Lipinski definition) is 0. The Morgan fingerprint density at radius 3 is 1.17 bits per heavy atom. The van der Waals surface area contributed by atoms with Crippen LogP contribution in [0, 0.1) is 0 Å².